The molecule has 0 aromatic carbocycles. The van der Waals surface area contributed by atoms with Crippen LogP contribution in [0.3, 0.4) is 0 Å². The summed E-state index contributed by atoms with van der Waals surface area (Å²) in [6.07, 6.45) is 3.83. The molecule has 2 rings (SSSR count). The molecule has 1 fully saturated rings. The number of pyridine rings is 1. The van der Waals surface area contributed by atoms with Gasteiger partial charge in [0.1, 0.15) is 5.82 Å². The van der Waals surface area contributed by atoms with Crippen LogP contribution in [-0.2, 0) is 0 Å². The fourth-order valence-corrected chi connectivity index (χ4v) is 1.77. The highest BCUT2D eigenvalue weighted by atomic mass is 15.2. The topological polar surface area (TPSA) is 16.1 Å². The predicted molar refractivity (Wildman–Crippen MR) is 66.5 cm³/mol. The standard InChI is InChI=1S/C10H13BN2.C2H6/c11-7-9-4-6-13(8-9)10-3-1-2-5-12-10;1-2/h1-3,5,9H,4,6-8H2;1-2H3. The summed E-state index contributed by atoms with van der Waals surface area (Å²) in [7, 11) is 5.63. The second-order valence-electron chi connectivity index (χ2n) is 3.52. The Balaban J connectivity index is 0.000000531. The van der Waals surface area contributed by atoms with Gasteiger partial charge in [-0.3, -0.25) is 0 Å². The van der Waals surface area contributed by atoms with Gasteiger partial charge in [0.25, 0.3) is 0 Å². The summed E-state index contributed by atoms with van der Waals surface area (Å²) >= 11 is 0. The first-order valence-corrected chi connectivity index (χ1v) is 5.76. The first-order chi connectivity index (χ1) is 7.40. The van der Waals surface area contributed by atoms with E-state index in [1.165, 1.54) is 6.42 Å². The lowest BCUT2D eigenvalue weighted by Gasteiger charge is -2.16. The first kappa shape index (κ1) is 12.1. The molecule has 0 amide bonds. The number of anilines is 1. The maximum Gasteiger partial charge on any atom is 0.128 e. The lowest BCUT2D eigenvalue weighted by Crippen LogP contribution is -2.20. The molecular weight excluding hydrogens is 183 g/mol. The van der Waals surface area contributed by atoms with Crippen molar-refractivity contribution in [2.24, 2.45) is 5.92 Å². The second kappa shape index (κ2) is 6.49. The van der Waals surface area contributed by atoms with E-state index in [4.69, 9.17) is 7.85 Å². The smallest absolute Gasteiger partial charge is 0.128 e. The van der Waals surface area contributed by atoms with Gasteiger partial charge < -0.3 is 4.90 Å². The minimum atomic E-state index is 0.655. The van der Waals surface area contributed by atoms with E-state index in [1.807, 2.05) is 32.2 Å². The fourth-order valence-electron chi connectivity index (χ4n) is 1.77. The summed E-state index contributed by atoms with van der Waals surface area (Å²) in [6, 6.07) is 6.02. The van der Waals surface area contributed by atoms with Crippen molar-refractivity contribution in [1.29, 1.82) is 0 Å². The number of nitrogens with zero attached hydrogens (tertiary/aromatic N) is 2. The third-order valence-electron chi connectivity index (χ3n) is 2.59. The monoisotopic (exact) mass is 202 g/mol. The van der Waals surface area contributed by atoms with E-state index in [1.54, 1.807) is 0 Å². The summed E-state index contributed by atoms with van der Waals surface area (Å²) in [6.45, 7) is 6.16. The SMILES string of the molecule is CC.[B]CC1CCN(c2ccccn2)C1. The molecule has 1 unspecified atom stereocenters. The minimum Gasteiger partial charge on any atom is -0.356 e. The van der Waals surface area contributed by atoms with Gasteiger partial charge in [0.15, 0.2) is 0 Å². The van der Waals surface area contributed by atoms with Gasteiger partial charge in [0.2, 0.25) is 0 Å². The molecule has 1 aromatic rings. The van der Waals surface area contributed by atoms with Crippen LogP contribution in [0.1, 0.15) is 20.3 Å². The average molecular weight is 202 g/mol. The molecular formula is C12H19BN2. The van der Waals surface area contributed by atoms with Crippen molar-refractivity contribution < 1.29 is 0 Å². The van der Waals surface area contributed by atoms with Crippen LogP contribution in [0.25, 0.3) is 0 Å². The molecule has 1 aliphatic heterocycles. The molecule has 0 N–H and O–H groups in total. The van der Waals surface area contributed by atoms with Gasteiger partial charge in [-0.05, 0) is 24.5 Å². The molecule has 1 aromatic heterocycles. The molecule has 2 radical (unpaired) electrons. The lowest BCUT2D eigenvalue weighted by molar-refractivity contribution is 0.658. The molecule has 3 heteroatoms. The molecule has 0 bridgehead atoms. The molecule has 0 saturated carbocycles. The molecule has 80 valence electrons. The summed E-state index contributed by atoms with van der Waals surface area (Å²) in [5, 5.41) is 0. The van der Waals surface area contributed by atoms with Crippen LogP contribution in [0.5, 0.6) is 0 Å². The van der Waals surface area contributed by atoms with E-state index < -0.39 is 0 Å². The second-order valence-corrected chi connectivity index (χ2v) is 3.52. The van der Waals surface area contributed by atoms with Gasteiger partial charge in [-0.25, -0.2) is 4.98 Å². The van der Waals surface area contributed by atoms with Gasteiger partial charge in [-0.1, -0.05) is 26.2 Å². The Labute approximate surface area is 94.1 Å². The van der Waals surface area contributed by atoms with Gasteiger partial charge in [-0.2, -0.15) is 0 Å². The zero-order valence-corrected chi connectivity index (χ0v) is 9.69. The van der Waals surface area contributed by atoms with Crippen molar-refractivity contribution in [2.75, 3.05) is 18.0 Å². The molecule has 1 saturated heterocycles. The summed E-state index contributed by atoms with van der Waals surface area (Å²) in [5.41, 5.74) is 0. The molecule has 2 heterocycles. The number of hydrogen-bond acceptors (Lipinski definition) is 2. The molecule has 15 heavy (non-hydrogen) atoms. The van der Waals surface area contributed by atoms with E-state index in [0.717, 1.165) is 25.2 Å². The lowest BCUT2D eigenvalue weighted by atomic mass is 9.91. The number of hydrogen-bond donors (Lipinski definition) is 0. The highest BCUT2D eigenvalue weighted by molar-refractivity contribution is 6.08. The van der Waals surface area contributed by atoms with Crippen LogP contribution in [0.15, 0.2) is 24.4 Å². The van der Waals surface area contributed by atoms with Crippen molar-refractivity contribution in [1.82, 2.24) is 4.98 Å². The Hall–Kier alpha value is -0.985. The van der Waals surface area contributed by atoms with E-state index in [9.17, 15) is 0 Å². The number of aromatic nitrogens is 1. The van der Waals surface area contributed by atoms with Crippen molar-refractivity contribution in [3.63, 3.8) is 0 Å². The summed E-state index contributed by atoms with van der Waals surface area (Å²) < 4.78 is 0. The van der Waals surface area contributed by atoms with Crippen LogP contribution < -0.4 is 4.90 Å². The van der Waals surface area contributed by atoms with Gasteiger partial charge in [-0.15, -0.1) is 0 Å². The Morgan fingerprint density at radius 2 is 2.27 bits per heavy atom. The largest absolute Gasteiger partial charge is 0.356 e. The molecule has 1 aliphatic rings. The minimum absolute atomic E-state index is 0.655. The summed E-state index contributed by atoms with van der Waals surface area (Å²) in [5.74, 6) is 1.74. The quantitative estimate of drug-likeness (QED) is 0.685. The Morgan fingerprint density at radius 1 is 1.47 bits per heavy atom. The third-order valence-corrected chi connectivity index (χ3v) is 2.59. The van der Waals surface area contributed by atoms with Gasteiger partial charge in [0.05, 0.1) is 7.85 Å². The van der Waals surface area contributed by atoms with E-state index in [2.05, 4.69) is 16.0 Å². The molecule has 2 nitrogen and oxygen atoms in total. The predicted octanol–water partition coefficient (Wildman–Crippen LogP) is 2.52. The Kier molecular flexibility index (Phi) is 5.23. The highest BCUT2D eigenvalue weighted by Crippen LogP contribution is 2.22. The van der Waals surface area contributed by atoms with Crippen molar-refractivity contribution in [3.05, 3.63) is 24.4 Å². The van der Waals surface area contributed by atoms with E-state index >= 15 is 0 Å². The first-order valence-electron chi connectivity index (χ1n) is 5.76. The summed E-state index contributed by atoms with van der Waals surface area (Å²) in [4.78, 5) is 6.62. The zero-order valence-electron chi connectivity index (χ0n) is 9.69. The molecule has 0 spiro atoms. The van der Waals surface area contributed by atoms with Crippen molar-refractivity contribution >= 4 is 13.7 Å². The van der Waals surface area contributed by atoms with Crippen molar-refractivity contribution in [3.8, 4) is 0 Å². The Bertz CT molecular complexity index is 264. The van der Waals surface area contributed by atoms with Crippen LogP contribution in [0.2, 0.25) is 6.32 Å². The van der Waals surface area contributed by atoms with Gasteiger partial charge >= 0.3 is 0 Å². The van der Waals surface area contributed by atoms with Crippen LogP contribution in [-0.4, -0.2) is 25.9 Å². The third kappa shape index (κ3) is 3.26. The normalized spacial score (nSPS) is 19.6. The molecule has 0 aliphatic carbocycles. The Morgan fingerprint density at radius 3 is 2.80 bits per heavy atom. The maximum absolute atomic E-state index is 5.63. The molecule has 1 atom stereocenters. The van der Waals surface area contributed by atoms with Crippen LogP contribution in [0.4, 0.5) is 5.82 Å². The van der Waals surface area contributed by atoms with Crippen molar-refractivity contribution in [2.45, 2.75) is 26.6 Å². The van der Waals surface area contributed by atoms with E-state index in [0.29, 0.717) is 5.92 Å². The highest BCUT2D eigenvalue weighted by Gasteiger charge is 2.20. The fraction of sp³-hybridized carbons (Fsp3) is 0.583. The van der Waals surface area contributed by atoms with Crippen LogP contribution in [0, 0.1) is 5.92 Å². The van der Waals surface area contributed by atoms with Gasteiger partial charge in [0, 0.05) is 19.3 Å². The van der Waals surface area contributed by atoms with E-state index in [-0.39, 0.29) is 0 Å². The number of rotatable bonds is 2. The maximum atomic E-state index is 5.63. The average Bonchev–Trinajstić information content (AvgIpc) is 2.81. The zero-order chi connectivity index (χ0) is 11.1. The van der Waals surface area contributed by atoms with Crippen LogP contribution >= 0.6 is 0 Å².